The maximum absolute atomic E-state index is 12.7. The molecule has 1 heterocycles. The minimum atomic E-state index is -3.55. The molecule has 2 aromatic rings. The van der Waals surface area contributed by atoms with Gasteiger partial charge in [-0.2, -0.15) is 0 Å². The predicted octanol–water partition coefficient (Wildman–Crippen LogP) is 2.73. The van der Waals surface area contributed by atoms with E-state index in [0.29, 0.717) is 10.6 Å². The number of likely N-dealkylation sites (N-methyl/N-ethyl adjacent to an activating group) is 1. The second-order valence-corrected chi connectivity index (χ2v) is 8.91. The molecule has 2 aliphatic rings. The van der Waals surface area contributed by atoms with Crippen LogP contribution in [0.5, 0.6) is 0 Å². The molecule has 1 aliphatic heterocycles. The van der Waals surface area contributed by atoms with E-state index >= 15 is 0 Å². The van der Waals surface area contributed by atoms with Crippen LogP contribution < -0.4 is 9.62 Å². The van der Waals surface area contributed by atoms with E-state index in [1.165, 1.54) is 11.1 Å². The molecule has 0 amide bonds. The number of benzene rings is 2. The second-order valence-electron chi connectivity index (χ2n) is 7.23. The van der Waals surface area contributed by atoms with E-state index in [9.17, 15) is 8.42 Å². The summed E-state index contributed by atoms with van der Waals surface area (Å²) in [7, 11) is -1.42. The molecule has 0 aromatic heterocycles. The molecule has 4 rings (SSSR count). The van der Waals surface area contributed by atoms with Crippen molar-refractivity contribution in [1.29, 1.82) is 0 Å². The van der Waals surface area contributed by atoms with Gasteiger partial charge in [0.1, 0.15) is 0 Å². The highest BCUT2D eigenvalue weighted by Gasteiger charge is 2.19. The lowest BCUT2D eigenvalue weighted by atomic mass is 10.1. The average molecular weight is 372 g/mol. The van der Waals surface area contributed by atoms with Crippen molar-refractivity contribution in [1.82, 2.24) is 4.90 Å². The van der Waals surface area contributed by atoms with Gasteiger partial charge >= 0.3 is 0 Å². The van der Waals surface area contributed by atoms with Crippen LogP contribution in [0.25, 0.3) is 0 Å². The number of nitrogens with zero attached hydrogens (tertiary/aromatic N) is 2. The van der Waals surface area contributed by atoms with Crippen LogP contribution in [0.1, 0.15) is 17.5 Å². The Morgan fingerprint density at radius 3 is 2.31 bits per heavy atom. The van der Waals surface area contributed by atoms with Gasteiger partial charge in [-0.05, 0) is 73.8 Å². The number of nitrogens with one attached hydrogen (secondary N) is 1. The summed E-state index contributed by atoms with van der Waals surface area (Å²) in [5, 5.41) is 0. The minimum Gasteiger partial charge on any atom is -0.369 e. The van der Waals surface area contributed by atoms with Crippen molar-refractivity contribution in [3.8, 4) is 0 Å². The van der Waals surface area contributed by atoms with Crippen molar-refractivity contribution < 1.29 is 8.42 Å². The first-order valence-electron chi connectivity index (χ1n) is 9.19. The van der Waals surface area contributed by atoms with E-state index in [1.807, 2.05) is 36.4 Å². The number of piperazine rings is 1. The van der Waals surface area contributed by atoms with Crippen LogP contribution in [0, 0.1) is 0 Å². The molecule has 5 nitrogen and oxygen atoms in total. The quantitative estimate of drug-likeness (QED) is 0.898. The van der Waals surface area contributed by atoms with E-state index in [-0.39, 0.29) is 0 Å². The lowest BCUT2D eigenvalue weighted by molar-refractivity contribution is 0.313. The van der Waals surface area contributed by atoms with Crippen LogP contribution >= 0.6 is 0 Å². The molecular formula is C20H25N3O2S. The van der Waals surface area contributed by atoms with Crippen LogP contribution in [0.4, 0.5) is 11.4 Å². The second kappa shape index (κ2) is 6.93. The van der Waals surface area contributed by atoms with Gasteiger partial charge in [-0.3, -0.25) is 4.72 Å². The highest BCUT2D eigenvalue weighted by molar-refractivity contribution is 7.92. The third-order valence-electron chi connectivity index (χ3n) is 5.37. The van der Waals surface area contributed by atoms with Crippen molar-refractivity contribution in [2.24, 2.45) is 0 Å². The molecule has 6 heteroatoms. The summed E-state index contributed by atoms with van der Waals surface area (Å²) in [6.45, 7) is 4.09. The topological polar surface area (TPSA) is 52.6 Å². The fourth-order valence-electron chi connectivity index (χ4n) is 3.73. The van der Waals surface area contributed by atoms with Gasteiger partial charge in [0.05, 0.1) is 4.90 Å². The van der Waals surface area contributed by atoms with Crippen molar-refractivity contribution in [2.45, 2.75) is 24.2 Å². The number of anilines is 2. The Labute approximate surface area is 155 Å². The van der Waals surface area contributed by atoms with Crippen LogP contribution in [0.3, 0.4) is 0 Å². The van der Waals surface area contributed by atoms with Crippen LogP contribution in [-0.2, 0) is 22.9 Å². The fourth-order valence-corrected chi connectivity index (χ4v) is 4.84. The monoisotopic (exact) mass is 371 g/mol. The Balaban J connectivity index is 1.48. The van der Waals surface area contributed by atoms with Gasteiger partial charge in [-0.1, -0.05) is 6.07 Å². The van der Waals surface area contributed by atoms with Crippen molar-refractivity contribution in [3.05, 3.63) is 53.6 Å². The van der Waals surface area contributed by atoms with Crippen LogP contribution in [0.15, 0.2) is 47.4 Å². The lowest BCUT2D eigenvalue weighted by Crippen LogP contribution is -2.44. The maximum Gasteiger partial charge on any atom is 0.261 e. The van der Waals surface area contributed by atoms with Gasteiger partial charge in [-0.15, -0.1) is 0 Å². The van der Waals surface area contributed by atoms with E-state index in [0.717, 1.165) is 51.1 Å². The molecule has 1 aliphatic carbocycles. The van der Waals surface area contributed by atoms with Crippen molar-refractivity contribution in [3.63, 3.8) is 0 Å². The Morgan fingerprint density at radius 2 is 1.58 bits per heavy atom. The number of fused-ring (bicyclic) bond motifs is 1. The third kappa shape index (κ3) is 3.57. The molecule has 1 saturated heterocycles. The molecule has 0 saturated carbocycles. The summed E-state index contributed by atoms with van der Waals surface area (Å²) >= 11 is 0. The molecule has 26 heavy (non-hydrogen) atoms. The SMILES string of the molecule is CN1CCN(c2ccc(NS(=O)(=O)c3ccc4c(c3)CCC4)cc2)CC1. The number of hydrogen-bond donors (Lipinski definition) is 1. The Kier molecular flexibility index (Phi) is 4.63. The Hall–Kier alpha value is -2.05. The zero-order valence-electron chi connectivity index (χ0n) is 15.1. The van der Waals surface area contributed by atoms with E-state index < -0.39 is 10.0 Å². The fraction of sp³-hybridized carbons (Fsp3) is 0.400. The van der Waals surface area contributed by atoms with Gasteiger partial charge in [0.15, 0.2) is 0 Å². The minimum absolute atomic E-state index is 0.348. The smallest absolute Gasteiger partial charge is 0.261 e. The highest BCUT2D eigenvalue weighted by Crippen LogP contribution is 2.26. The van der Waals surface area contributed by atoms with E-state index in [2.05, 4.69) is 21.6 Å². The van der Waals surface area contributed by atoms with Gasteiger partial charge < -0.3 is 9.80 Å². The first kappa shape index (κ1) is 17.4. The number of hydrogen-bond acceptors (Lipinski definition) is 4. The molecule has 1 N–H and O–H groups in total. The summed E-state index contributed by atoms with van der Waals surface area (Å²) < 4.78 is 28.1. The normalized spacial score (nSPS) is 18.0. The molecule has 1 fully saturated rings. The Bertz CT molecular complexity index is 886. The average Bonchev–Trinajstić information content (AvgIpc) is 3.11. The molecule has 2 aromatic carbocycles. The Morgan fingerprint density at radius 1 is 0.885 bits per heavy atom. The molecular weight excluding hydrogens is 346 g/mol. The number of aryl methyl sites for hydroxylation is 2. The summed E-state index contributed by atoms with van der Waals surface area (Å²) in [5.41, 5.74) is 4.18. The summed E-state index contributed by atoms with van der Waals surface area (Å²) in [6, 6.07) is 13.2. The third-order valence-corrected chi connectivity index (χ3v) is 6.75. The molecule has 0 atom stereocenters. The standard InChI is InChI=1S/C20H25N3O2S/c1-22-11-13-23(14-12-22)19-8-6-18(7-9-19)21-26(24,25)20-10-5-16-3-2-4-17(16)15-20/h5-10,15,21H,2-4,11-14H2,1H3. The summed E-state index contributed by atoms with van der Waals surface area (Å²) in [6.07, 6.45) is 3.13. The van der Waals surface area contributed by atoms with Crippen LogP contribution in [0.2, 0.25) is 0 Å². The van der Waals surface area contributed by atoms with Crippen LogP contribution in [-0.4, -0.2) is 46.5 Å². The summed E-state index contributed by atoms with van der Waals surface area (Å²) in [4.78, 5) is 5.00. The molecule has 0 radical (unpaired) electrons. The predicted molar refractivity (Wildman–Crippen MR) is 105 cm³/mol. The number of rotatable bonds is 4. The van der Waals surface area contributed by atoms with E-state index in [4.69, 9.17) is 0 Å². The lowest BCUT2D eigenvalue weighted by Gasteiger charge is -2.34. The van der Waals surface area contributed by atoms with Gasteiger partial charge in [0, 0.05) is 37.6 Å². The highest BCUT2D eigenvalue weighted by atomic mass is 32.2. The van der Waals surface area contributed by atoms with E-state index in [1.54, 1.807) is 6.07 Å². The zero-order valence-corrected chi connectivity index (χ0v) is 15.9. The first-order chi connectivity index (χ1) is 12.5. The van der Waals surface area contributed by atoms with Crippen molar-refractivity contribution >= 4 is 21.4 Å². The largest absolute Gasteiger partial charge is 0.369 e. The first-order valence-corrected chi connectivity index (χ1v) is 10.7. The molecule has 0 bridgehead atoms. The molecule has 138 valence electrons. The van der Waals surface area contributed by atoms with Gasteiger partial charge in [0.25, 0.3) is 10.0 Å². The van der Waals surface area contributed by atoms with Crippen molar-refractivity contribution in [2.75, 3.05) is 42.8 Å². The van der Waals surface area contributed by atoms with Gasteiger partial charge in [-0.25, -0.2) is 8.42 Å². The molecule has 0 unspecified atom stereocenters. The molecule has 0 spiro atoms. The zero-order chi connectivity index (χ0) is 18.1. The number of sulfonamides is 1. The maximum atomic E-state index is 12.7. The summed E-state index contributed by atoms with van der Waals surface area (Å²) in [5.74, 6) is 0. The van der Waals surface area contributed by atoms with Gasteiger partial charge in [0.2, 0.25) is 0 Å².